The molecule has 2 fully saturated rings. The van der Waals surface area contributed by atoms with Crippen molar-refractivity contribution in [3.05, 3.63) is 29.8 Å². The van der Waals surface area contributed by atoms with Crippen molar-refractivity contribution in [1.82, 2.24) is 4.90 Å². The number of carbonyl (C=O) groups is 2. The number of benzene rings is 1. The maximum absolute atomic E-state index is 12.5. The molecule has 21 heavy (non-hydrogen) atoms. The molecule has 0 aliphatic carbocycles. The van der Waals surface area contributed by atoms with Crippen LogP contribution in [0.5, 0.6) is 0 Å². The molecule has 112 valence electrons. The minimum atomic E-state index is -0.771. The number of amides is 1. The Labute approximate surface area is 123 Å². The summed E-state index contributed by atoms with van der Waals surface area (Å²) in [5, 5.41) is 9.22. The maximum atomic E-state index is 12.5. The average Bonchev–Trinajstić information content (AvgIpc) is 3.04. The normalized spacial score (nSPS) is 27.0. The van der Waals surface area contributed by atoms with E-state index in [0.717, 1.165) is 18.4 Å². The topological polar surface area (TPSA) is 83.6 Å². The number of nitrogens with zero attached hydrogens (tertiary/aromatic N) is 1. The number of carboxylic acid groups (broad SMARTS) is 1. The third kappa shape index (κ3) is 2.48. The van der Waals surface area contributed by atoms with Gasteiger partial charge in [0.2, 0.25) is 5.91 Å². The van der Waals surface area contributed by atoms with Gasteiger partial charge in [-0.2, -0.15) is 0 Å². The lowest BCUT2D eigenvalue weighted by atomic mass is 9.89. The second-order valence-corrected chi connectivity index (χ2v) is 5.98. The van der Waals surface area contributed by atoms with Crippen LogP contribution in [0.15, 0.2) is 24.3 Å². The van der Waals surface area contributed by atoms with Crippen LogP contribution in [-0.2, 0) is 16.0 Å². The standard InChI is InChI=1S/C16H20N2O3/c17-13-4-2-1-3-10(13)5-8-15(19)18-11-6-7-14(18)12(9-11)16(20)21/h1-4,11-12,14H,5-9,17H2,(H,20,21). The molecule has 1 aromatic rings. The van der Waals surface area contributed by atoms with E-state index in [-0.39, 0.29) is 23.9 Å². The van der Waals surface area contributed by atoms with E-state index < -0.39 is 5.97 Å². The first kappa shape index (κ1) is 13.9. The van der Waals surface area contributed by atoms with Gasteiger partial charge in [-0.25, -0.2) is 0 Å². The zero-order valence-corrected chi connectivity index (χ0v) is 11.9. The number of nitrogen functional groups attached to an aromatic ring is 1. The van der Waals surface area contributed by atoms with Gasteiger partial charge in [-0.15, -0.1) is 0 Å². The molecule has 5 heteroatoms. The number of carboxylic acids is 1. The Hall–Kier alpha value is -2.04. The van der Waals surface area contributed by atoms with Crippen molar-refractivity contribution in [2.45, 2.75) is 44.2 Å². The lowest BCUT2D eigenvalue weighted by Crippen LogP contribution is -2.38. The molecule has 2 bridgehead atoms. The minimum Gasteiger partial charge on any atom is -0.481 e. The number of nitrogens with two attached hydrogens (primary N) is 1. The Balaban J connectivity index is 1.64. The number of carbonyl (C=O) groups excluding carboxylic acids is 1. The predicted octanol–water partition coefficient (Wildman–Crippen LogP) is 1.67. The van der Waals surface area contributed by atoms with Gasteiger partial charge in [0.1, 0.15) is 0 Å². The van der Waals surface area contributed by atoms with E-state index in [1.54, 1.807) is 0 Å². The highest BCUT2D eigenvalue weighted by atomic mass is 16.4. The Morgan fingerprint density at radius 3 is 2.71 bits per heavy atom. The van der Waals surface area contributed by atoms with E-state index in [0.29, 0.717) is 24.9 Å². The third-order valence-electron chi connectivity index (χ3n) is 4.81. The SMILES string of the molecule is Nc1ccccc1CCC(=O)N1C2CCC1C(C(=O)O)C2. The predicted molar refractivity (Wildman–Crippen MR) is 78.6 cm³/mol. The third-order valence-corrected chi connectivity index (χ3v) is 4.81. The number of hydrogen-bond acceptors (Lipinski definition) is 3. The van der Waals surface area contributed by atoms with E-state index in [4.69, 9.17) is 5.73 Å². The van der Waals surface area contributed by atoms with E-state index in [1.165, 1.54) is 0 Å². The molecule has 2 saturated heterocycles. The van der Waals surface area contributed by atoms with Crippen molar-refractivity contribution in [2.24, 2.45) is 5.92 Å². The Kier molecular flexibility index (Phi) is 3.57. The van der Waals surface area contributed by atoms with Crippen molar-refractivity contribution in [1.29, 1.82) is 0 Å². The zero-order chi connectivity index (χ0) is 15.0. The number of para-hydroxylation sites is 1. The van der Waals surface area contributed by atoms with Gasteiger partial charge in [-0.05, 0) is 37.3 Å². The van der Waals surface area contributed by atoms with Gasteiger partial charge in [-0.3, -0.25) is 9.59 Å². The van der Waals surface area contributed by atoms with Gasteiger partial charge in [0.15, 0.2) is 0 Å². The molecule has 2 aliphatic heterocycles. The monoisotopic (exact) mass is 288 g/mol. The van der Waals surface area contributed by atoms with Crippen molar-refractivity contribution in [2.75, 3.05) is 5.73 Å². The second-order valence-electron chi connectivity index (χ2n) is 5.98. The first-order chi connectivity index (χ1) is 10.1. The van der Waals surface area contributed by atoms with E-state index in [2.05, 4.69) is 0 Å². The van der Waals surface area contributed by atoms with Crippen LogP contribution in [0.25, 0.3) is 0 Å². The van der Waals surface area contributed by atoms with Crippen LogP contribution in [0.3, 0.4) is 0 Å². The zero-order valence-electron chi connectivity index (χ0n) is 11.9. The fourth-order valence-corrected chi connectivity index (χ4v) is 3.78. The number of rotatable bonds is 4. The van der Waals surface area contributed by atoms with Crippen LogP contribution in [0.2, 0.25) is 0 Å². The largest absolute Gasteiger partial charge is 0.481 e. The molecule has 2 aliphatic rings. The molecular weight excluding hydrogens is 268 g/mol. The van der Waals surface area contributed by atoms with Crippen LogP contribution in [0.1, 0.15) is 31.2 Å². The molecular formula is C16H20N2O3. The highest BCUT2D eigenvalue weighted by molar-refractivity contribution is 5.81. The Bertz CT molecular complexity index is 572. The molecule has 3 N–H and O–H groups in total. The number of anilines is 1. The molecule has 0 radical (unpaired) electrons. The molecule has 0 spiro atoms. The molecule has 3 rings (SSSR count). The van der Waals surface area contributed by atoms with Crippen LogP contribution in [-0.4, -0.2) is 34.0 Å². The number of hydrogen-bond donors (Lipinski definition) is 2. The summed E-state index contributed by atoms with van der Waals surface area (Å²) in [5.74, 6) is -1.09. The number of fused-ring (bicyclic) bond motifs is 2. The summed E-state index contributed by atoms with van der Waals surface area (Å²) < 4.78 is 0. The van der Waals surface area contributed by atoms with Crippen LogP contribution in [0.4, 0.5) is 5.69 Å². The summed E-state index contributed by atoms with van der Waals surface area (Å²) in [7, 11) is 0. The Morgan fingerprint density at radius 2 is 2.05 bits per heavy atom. The summed E-state index contributed by atoms with van der Waals surface area (Å²) >= 11 is 0. The molecule has 3 unspecified atom stereocenters. The summed E-state index contributed by atoms with van der Waals surface area (Å²) in [6.45, 7) is 0. The van der Waals surface area contributed by atoms with Crippen LogP contribution < -0.4 is 5.73 Å². The molecule has 5 nitrogen and oxygen atoms in total. The van der Waals surface area contributed by atoms with Crippen molar-refractivity contribution >= 4 is 17.6 Å². The fourth-order valence-electron chi connectivity index (χ4n) is 3.78. The molecule has 1 aromatic carbocycles. The number of aliphatic carboxylic acids is 1. The first-order valence-electron chi connectivity index (χ1n) is 7.45. The minimum absolute atomic E-state index is 0.0644. The summed E-state index contributed by atoms with van der Waals surface area (Å²) in [6.07, 6.45) is 3.38. The molecule has 3 atom stereocenters. The second kappa shape index (κ2) is 5.39. The van der Waals surface area contributed by atoms with Crippen molar-refractivity contribution < 1.29 is 14.7 Å². The highest BCUT2D eigenvalue weighted by Gasteiger charge is 2.50. The van der Waals surface area contributed by atoms with E-state index in [1.807, 2.05) is 29.2 Å². The Morgan fingerprint density at radius 1 is 1.29 bits per heavy atom. The smallest absolute Gasteiger partial charge is 0.308 e. The van der Waals surface area contributed by atoms with Gasteiger partial charge in [0, 0.05) is 24.2 Å². The van der Waals surface area contributed by atoms with Crippen molar-refractivity contribution in [3.8, 4) is 0 Å². The lowest BCUT2D eigenvalue weighted by molar-refractivity contribution is -0.143. The quantitative estimate of drug-likeness (QED) is 0.825. The van der Waals surface area contributed by atoms with E-state index >= 15 is 0 Å². The van der Waals surface area contributed by atoms with Gasteiger partial charge < -0.3 is 15.7 Å². The molecule has 0 aromatic heterocycles. The van der Waals surface area contributed by atoms with Gasteiger partial charge in [0.05, 0.1) is 5.92 Å². The average molecular weight is 288 g/mol. The van der Waals surface area contributed by atoms with Crippen LogP contribution >= 0.6 is 0 Å². The first-order valence-corrected chi connectivity index (χ1v) is 7.45. The van der Waals surface area contributed by atoms with Crippen LogP contribution in [0, 0.1) is 5.92 Å². The molecule has 2 heterocycles. The maximum Gasteiger partial charge on any atom is 0.308 e. The van der Waals surface area contributed by atoms with Gasteiger partial charge in [-0.1, -0.05) is 18.2 Å². The fraction of sp³-hybridized carbons (Fsp3) is 0.500. The van der Waals surface area contributed by atoms with Gasteiger partial charge in [0.25, 0.3) is 0 Å². The number of aryl methyl sites for hydroxylation is 1. The van der Waals surface area contributed by atoms with Gasteiger partial charge >= 0.3 is 5.97 Å². The summed E-state index contributed by atoms with van der Waals surface area (Å²) in [4.78, 5) is 25.5. The lowest BCUT2D eigenvalue weighted by Gasteiger charge is -2.23. The summed E-state index contributed by atoms with van der Waals surface area (Å²) in [5.41, 5.74) is 7.57. The highest BCUT2D eigenvalue weighted by Crippen LogP contribution is 2.42. The summed E-state index contributed by atoms with van der Waals surface area (Å²) in [6, 6.07) is 7.57. The van der Waals surface area contributed by atoms with E-state index in [9.17, 15) is 14.7 Å². The molecule has 0 saturated carbocycles. The molecule has 1 amide bonds. The van der Waals surface area contributed by atoms with Crippen molar-refractivity contribution in [3.63, 3.8) is 0 Å².